The molecule has 1 saturated heterocycles. The lowest BCUT2D eigenvalue weighted by Crippen LogP contribution is -2.22. The minimum atomic E-state index is -0.312. The first kappa shape index (κ1) is 9.00. The number of ether oxygens (including phenoxy) is 2. The van der Waals surface area contributed by atoms with E-state index in [1.54, 1.807) is 0 Å². The van der Waals surface area contributed by atoms with Crippen LogP contribution in [0.2, 0.25) is 0 Å². The van der Waals surface area contributed by atoms with Gasteiger partial charge in [-0.2, -0.15) is 0 Å². The molecule has 0 amide bonds. The second kappa shape index (κ2) is 2.98. The normalized spacial score (nSPS) is 31.7. The Labute approximate surface area is 78.4 Å². The average Bonchev–Trinajstić information content (AvgIpc) is 2.49. The summed E-state index contributed by atoms with van der Waals surface area (Å²) < 4.78 is 10.5. The minimum absolute atomic E-state index is 0.160. The molecule has 0 radical (unpaired) electrons. The quantitative estimate of drug-likeness (QED) is 0.484. The molecular formula is C10H16O3. The third-order valence-corrected chi connectivity index (χ3v) is 2.79. The van der Waals surface area contributed by atoms with E-state index < -0.39 is 0 Å². The molecule has 1 aliphatic heterocycles. The Balaban J connectivity index is 1.79. The van der Waals surface area contributed by atoms with E-state index in [2.05, 4.69) is 0 Å². The lowest BCUT2D eigenvalue weighted by molar-refractivity contribution is -0.150. The predicted octanol–water partition coefficient (Wildman–Crippen LogP) is 1.65. The van der Waals surface area contributed by atoms with Gasteiger partial charge in [-0.1, -0.05) is 0 Å². The molecule has 3 nitrogen and oxygen atoms in total. The first-order valence-electron chi connectivity index (χ1n) is 4.98. The molecule has 2 rings (SSSR count). The largest absolute Gasteiger partial charge is 0.460 e. The van der Waals surface area contributed by atoms with Gasteiger partial charge in [0.25, 0.3) is 0 Å². The van der Waals surface area contributed by atoms with E-state index in [4.69, 9.17) is 9.47 Å². The van der Waals surface area contributed by atoms with Crippen molar-refractivity contribution in [1.29, 1.82) is 0 Å². The minimum Gasteiger partial charge on any atom is -0.460 e. The van der Waals surface area contributed by atoms with Crippen LogP contribution < -0.4 is 0 Å². The van der Waals surface area contributed by atoms with Crippen LogP contribution in [-0.4, -0.2) is 23.8 Å². The van der Waals surface area contributed by atoms with E-state index in [0.717, 1.165) is 12.8 Å². The van der Waals surface area contributed by atoms with Crippen molar-refractivity contribution in [2.45, 2.75) is 57.3 Å². The second-order valence-corrected chi connectivity index (χ2v) is 4.44. The van der Waals surface area contributed by atoms with Gasteiger partial charge in [-0.25, -0.2) is 4.79 Å². The first-order chi connectivity index (χ1) is 6.09. The van der Waals surface area contributed by atoms with E-state index in [1.807, 2.05) is 13.8 Å². The van der Waals surface area contributed by atoms with E-state index in [9.17, 15) is 4.79 Å². The summed E-state index contributed by atoms with van der Waals surface area (Å²) in [4.78, 5) is 11.4. The Hall–Kier alpha value is -0.570. The number of rotatable bonds is 2. The van der Waals surface area contributed by atoms with Crippen LogP contribution in [0, 0.1) is 0 Å². The number of carbonyl (C=O) groups excluding carboxylic acids is 1. The SMILES string of the molecule is CC1(C)OC1C(=O)OC1CCCC1. The molecule has 0 N–H and O–H groups in total. The molecule has 0 aromatic heterocycles. The average molecular weight is 184 g/mol. The zero-order valence-electron chi connectivity index (χ0n) is 8.21. The van der Waals surface area contributed by atoms with Gasteiger partial charge in [-0.15, -0.1) is 0 Å². The van der Waals surface area contributed by atoms with Crippen molar-refractivity contribution in [2.75, 3.05) is 0 Å². The van der Waals surface area contributed by atoms with Gasteiger partial charge in [0, 0.05) is 0 Å². The van der Waals surface area contributed by atoms with Crippen LogP contribution in [0.1, 0.15) is 39.5 Å². The maximum absolute atomic E-state index is 11.4. The molecule has 0 bridgehead atoms. The van der Waals surface area contributed by atoms with Crippen molar-refractivity contribution < 1.29 is 14.3 Å². The fourth-order valence-corrected chi connectivity index (χ4v) is 1.83. The van der Waals surface area contributed by atoms with E-state index in [0.29, 0.717) is 0 Å². The highest BCUT2D eigenvalue weighted by Crippen LogP contribution is 2.37. The van der Waals surface area contributed by atoms with Crippen molar-refractivity contribution in [3.8, 4) is 0 Å². The summed E-state index contributed by atoms with van der Waals surface area (Å²) in [5, 5.41) is 0. The summed E-state index contributed by atoms with van der Waals surface area (Å²) in [5.74, 6) is -0.170. The molecule has 1 heterocycles. The van der Waals surface area contributed by atoms with E-state index >= 15 is 0 Å². The molecular weight excluding hydrogens is 168 g/mol. The van der Waals surface area contributed by atoms with Gasteiger partial charge in [0.15, 0.2) is 6.10 Å². The van der Waals surface area contributed by atoms with Gasteiger partial charge >= 0.3 is 5.97 Å². The van der Waals surface area contributed by atoms with E-state index in [1.165, 1.54) is 12.8 Å². The molecule has 0 spiro atoms. The molecule has 3 heteroatoms. The summed E-state index contributed by atoms with van der Waals surface area (Å²) in [5.41, 5.74) is -0.282. The van der Waals surface area contributed by atoms with Crippen LogP contribution in [0.25, 0.3) is 0 Å². The molecule has 1 saturated carbocycles. The number of hydrogen-bond donors (Lipinski definition) is 0. The van der Waals surface area contributed by atoms with Crippen LogP contribution in [0.4, 0.5) is 0 Å². The summed E-state index contributed by atoms with van der Waals surface area (Å²) in [6, 6.07) is 0. The molecule has 1 unspecified atom stereocenters. The summed E-state index contributed by atoms with van der Waals surface area (Å²) in [6.07, 6.45) is 4.28. The third kappa shape index (κ3) is 1.85. The standard InChI is InChI=1S/C10H16O3/c1-10(2)8(13-10)9(11)12-7-5-3-4-6-7/h7-8H,3-6H2,1-2H3. The number of carbonyl (C=O) groups is 1. The molecule has 0 aromatic rings. The van der Waals surface area contributed by atoms with Crippen LogP contribution in [0.5, 0.6) is 0 Å². The fourth-order valence-electron chi connectivity index (χ4n) is 1.83. The van der Waals surface area contributed by atoms with Crippen LogP contribution >= 0.6 is 0 Å². The summed E-state index contributed by atoms with van der Waals surface area (Å²) in [7, 11) is 0. The highest BCUT2D eigenvalue weighted by atomic mass is 16.7. The fraction of sp³-hybridized carbons (Fsp3) is 0.900. The van der Waals surface area contributed by atoms with Crippen LogP contribution in [-0.2, 0) is 14.3 Å². The lowest BCUT2D eigenvalue weighted by atomic mass is 10.1. The van der Waals surface area contributed by atoms with Gasteiger partial charge in [0.05, 0.1) is 0 Å². The molecule has 13 heavy (non-hydrogen) atoms. The van der Waals surface area contributed by atoms with Crippen LogP contribution in [0.15, 0.2) is 0 Å². The number of hydrogen-bond acceptors (Lipinski definition) is 3. The Morgan fingerprint density at radius 1 is 1.38 bits per heavy atom. The van der Waals surface area contributed by atoms with Crippen molar-refractivity contribution in [1.82, 2.24) is 0 Å². The van der Waals surface area contributed by atoms with Crippen molar-refractivity contribution in [3.05, 3.63) is 0 Å². The predicted molar refractivity (Wildman–Crippen MR) is 47.3 cm³/mol. The molecule has 1 atom stereocenters. The molecule has 74 valence electrons. The topological polar surface area (TPSA) is 38.8 Å². The van der Waals surface area contributed by atoms with Crippen molar-refractivity contribution in [3.63, 3.8) is 0 Å². The Kier molecular flexibility index (Phi) is 2.06. The highest BCUT2D eigenvalue weighted by Gasteiger charge is 2.54. The Morgan fingerprint density at radius 3 is 2.38 bits per heavy atom. The van der Waals surface area contributed by atoms with Gasteiger partial charge < -0.3 is 9.47 Å². The lowest BCUT2D eigenvalue weighted by Gasteiger charge is -2.09. The molecule has 1 aliphatic carbocycles. The Morgan fingerprint density at radius 2 is 1.92 bits per heavy atom. The monoisotopic (exact) mass is 184 g/mol. The molecule has 2 fully saturated rings. The smallest absolute Gasteiger partial charge is 0.338 e. The van der Waals surface area contributed by atoms with Crippen LogP contribution in [0.3, 0.4) is 0 Å². The molecule has 0 aromatic carbocycles. The van der Waals surface area contributed by atoms with E-state index in [-0.39, 0.29) is 23.8 Å². The summed E-state index contributed by atoms with van der Waals surface area (Å²) in [6.45, 7) is 3.82. The highest BCUT2D eigenvalue weighted by molar-refractivity contribution is 5.79. The first-order valence-corrected chi connectivity index (χ1v) is 4.98. The Bertz CT molecular complexity index is 216. The van der Waals surface area contributed by atoms with Gasteiger partial charge in [0.1, 0.15) is 11.7 Å². The summed E-state index contributed by atoms with van der Waals surface area (Å²) >= 11 is 0. The van der Waals surface area contributed by atoms with Gasteiger partial charge in [-0.05, 0) is 39.5 Å². The number of epoxide rings is 1. The zero-order chi connectivity index (χ0) is 9.47. The maximum atomic E-state index is 11.4. The van der Waals surface area contributed by atoms with Gasteiger partial charge in [0.2, 0.25) is 0 Å². The second-order valence-electron chi connectivity index (χ2n) is 4.44. The third-order valence-electron chi connectivity index (χ3n) is 2.79. The van der Waals surface area contributed by atoms with Gasteiger partial charge in [-0.3, -0.25) is 0 Å². The van der Waals surface area contributed by atoms with Crippen molar-refractivity contribution >= 4 is 5.97 Å². The van der Waals surface area contributed by atoms with Crippen molar-refractivity contribution in [2.24, 2.45) is 0 Å². The molecule has 2 aliphatic rings. The zero-order valence-corrected chi connectivity index (χ0v) is 8.21. The number of esters is 1. The maximum Gasteiger partial charge on any atom is 0.338 e.